The van der Waals surface area contributed by atoms with E-state index in [-0.39, 0.29) is 0 Å². The van der Waals surface area contributed by atoms with Crippen molar-refractivity contribution >= 4 is 26.7 Å². The summed E-state index contributed by atoms with van der Waals surface area (Å²) in [5.74, 6) is 0.950. The van der Waals surface area contributed by atoms with Crippen LogP contribution in [0, 0.1) is 5.92 Å². The molecule has 0 spiro atoms. The Morgan fingerprint density at radius 3 is 2.65 bits per heavy atom. The first-order valence-corrected chi connectivity index (χ1v) is 6.99. The summed E-state index contributed by atoms with van der Waals surface area (Å²) in [6.45, 7) is 2.17. The fourth-order valence-electron chi connectivity index (χ4n) is 2.12. The van der Waals surface area contributed by atoms with Gasteiger partial charge >= 0.3 is 0 Å². The maximum Gasteiger partial charge on any atom is 0.0205 e. The lowest BCUT2D eigenvalue weighted by molar-refractivity contribution is 0.639. The summed E-state index contributed by atoms with van der Waals surface area (Å²) in [6.07, 6.45) is 2.83. The monoisotopic (exact) mass is 289 g/mol. The molecule has 17 heavy (non-hydrogen) atoms. The van der Waals surface area contributed by atoms with Gasteiger partial charge in [0.15, 0.2) is 0 Å². The number of rotatable bonds is 4. The second-order valence-corrected chi connectivity index (χ2v) is 5.82. The summed E-state index contributed by atoms with van der Waals surface area (Å²) >= 11 is 3.50. The Morgan fingerprint density at radius 2 is 1.82 bits per heavy atom. The van der Waals surface area contributed by atoms with Crippen molar-refractivity contribution in [1.29, 1.82) is 0 Å². The molecule has 0 amide bonds. The van der Waals surface area contributed by atoms with Gasteiger partial charge < -0.3 is 5.32 Å². The molecule has 2 aromatic rings. The molecule has 0 atom stereocenters. The van der Waals surface area contributed by atoms with E-state index in [1.165, 1.54) is 35.7 Å². The highest BCUT2D eigenvalue weighted by Crippen LogP contribution is 2.27. The van der Waals surface area contributed by atoms with Crippen LogP contribution in [-0.2, 0) is 6.54 Å². The molecule has 0 aliphatic heterocycles. The minimum absolute atomic E-state index is 0.950. The van der Waals surface area contributed by atoms with Crippen LogP contribution in [0.1, 0.15) is 18.4 Å². The van der Waals surface area contributed by atoms with E-state index in [4.69, 9.17) is 0 Å². The minimum Gasteiger partial charge on any atom is -0.312 e. The molecular formula is C15H16BrN. The van der Waals surface area contributed by atoms with Crippen LogP contribution < -0.4 is 5.32 Å². The average molecular weight is 290 g/mol. The molecule has 88 valence electrons. The SMILES string of the molecule is Brc1ccc2cc(CNCC3CC3)ccc2c1. The van der Waals surface area contributed by atoms with Crippen molar-refractivity contribution < 1.29 is 0 Å². The topological polar surface area (TPSA) is 12.0 Å². The molecule has 0 heterocycles. The van der Waals surface area contributed by atoms with Crippen molar-refractivity contribution in [1.82, 2.24) is 5.32 Å². The zero-order valence-electron chi connectivity index (χ0n) is 9.75. The lowest BCUT2D eigenvalue weighted by Gasteiger charge is -2.06. The van der Waals surface area contributed by atoms with Crippen molar-refractivity contribution in [3.63, 3.8) is 0 Å². The van der Waals surface area contributed by atoms with E-state index >= 15 is 0 Å². The Morgan fingerprint density at radius 1 is 1.06 bits per heavy atom. The van der Waals surface area contributed by atoms with Gasteiger partial charge in [0.25, 0.3) is 0 Å². The first-order valence-electron chi connectivity index (χ1n) is 6.20. The summed E-state index contributed by atoms with van der Waals surface area (Å²) in [6, 6.07) is 13.1. The first kappa shape index (κ1) is 11.2. The minimum atomic E-state index is 0.950. The maximum absolute atomic E-state index is 3.53. The lowest BCUT2D eigenvalue weighted by atomic mass is 10.1. The predicted molar refractivity (Wildman–Crippen MR) is 76.1 cm³/mol. The molecule has 1 saturated carbocycles. The number of hydrogen-bond acceptors (Lipinski definition) is 1. The van der Waals surface area contributed by atoms with Crippen LogP contribution in [0.3, 0.4) is 0 Å². The van der Waals surface area contributed by atoms with Gasteiger partial charge in [0, 0.05) is 11.0 Å². The Kier molecular flexibility index (Phi) is 3.17. The second kappa shape index (κ2) is 4.79. The number of halogens is 1. The Hall–Kier alpha value is -0.860. The number of fused-ring (bicyclic) bond motifs is 1. The summed E-state index contributed by atoms with van der Waals surface area (Å²) < 4.78 is 1.14. The van der Waals surface area contributed by atoms with E-state index in [1.807, 2.05) is 0 Å². The molecule has 3 rings (SSSR count). The van der Waals surface area contributed by atoms with Crippen LogP contribution in [0.15, 0.2) is 40.9 Å². The second-order valence-electron chi connectivity index (χ2n) is 4.90. The third-order valence-electron chi connectivity index (χ3n) is 3.33. The molecule has 1 nitrogen and oxygen atoms in total. The molecule has 0 radical (unpaired) electrons. The fraction of sp³-hybridized carbons (Fsp3) is 0.333. The highest BCUT2D eigenvalue weighted by molar-refractivity contribution is 9.10. The molecule has 0 unspecified atom stereocenters. The average Bonchev–Trinajstić information content (AvgIpc) is 3.13. The normalized spacial score (nSPS) is 15.4. The first-order chi connectivity index (χ1) is 8.31. The van der Waals surface area contributed by atoms with E-state index < -0.39 is 0 Å². The Bertz CT molecular complexity index is 531. The van der Waals surface area contributed by atoms with Crippen LogP contribution in [0.2, 0.25) is 0 Å². The number of hydrogen-bond donors (Lipinski definition) is 1. The van der Waals surface area contributed by atoms with Gasteiger partial charge in [-0.3, -0.25) is 0 Å². The molecule has 1 aliphatic rings. The van der Waals surface area contributed by atoms with Gasteiger partial charge in [-0.25, -0.2) is 0 Å². The van der Waals surface area contributed by atoms with E-state index in [0.717, 1.165) is 16.9 Å². The van der Waals surface area contributed by atoms with Crippen molar-refractivity contribution in [2.45, 2.75) is 19.4 Å². The molecule has 0 bridgehead atoms. The van der Waals surface area contributed by atoms with E-state index in [0.29, 0.717) is 0 Å². The largest absolute Gasteiger partial charge is 0.312 e. The van der Waals surface area contributed by atoms with Gasteiger partial charge in [0.05, 0.1) is 0 Å². The highest BCUT2D eigenvalue weighted by atomic mass is 79.9. The summed E-state index contributed by atoms with van der Waals surface area (Å²) in [7, 11) is 0. The van der Waals surface area contributed by atoms with Gasteiger partial charge in [-0.15, -0.1) is 0 Å². The third kappa shape index (κ3) is 2.88. The maximum atomic E-state index is 3.53. The van der Waals surface area contributed by atoms with Crippen LogP contribution >= 0.6 is 15.9 Å². The number of nitrogens with one attached hydrogen (secondary N) is 1. The van der Waals surface area contributed by atoms with Crippen molar-refractivity contribution in [3.8, 4) is 0 Å². The lowest BCUT2D eigenvalue weighted by Crippen LogP contribution is -2.15. The number of benzene rings is 2. The van der Waals surface area contributed by atoms with Gasteiger partial charge in [-0.1, -0.05) is 34.1 Å². The molecule has 2 heteroatoms. The fourth-order valence-corrected chi connectivity index (χ4v) is 2.50. The highest BCUT2D eigenvalue weighted by Gasteiger charge is 2.19. The van der Waals surface area contributed by atoms with Gasteiger partial charge in [0.1, 0.15) is 0 Å². The van der Waals surface area contributed by atoms with Crippen molar-refractivity contribution in [3.05, 3.63) is 46.4 Å². The quantitative estimate of drug-likeness (QED) is 0.894. The molecule has 1 fully saturated rings. The van der Waals surface area contributed by atoms with Crippen LogP contribution in [0.4, 0.5) is 0 Å². The van der Waals surface area contributed by atoms with Crippen LogP contribution in [0.25, 0.3) is 10.8 Å². The van der Waals surface area contributed by atoms with Crippen molar-refractivity contribution in [2.75, 3.05) is 6.54 Å². The van der Waals surface area contributed by atoms with E-state index in [2.05, 4.69) is 57.6 Å². The molecule has 2 aromatic carbocycles. The Labute approximate surface area is 110 Å². The smallest absolute Gasteiger partial charge is 0.0205 e. The molecule has 0 aromatic heterocycles. The Balaban J connectivity index is 1.73. The summed E-state index contributed by atoms with van der Waals surface area (Å²) in [5.41, 5.74) is 1.38. The molecule has 0 saturated heterocycles. The zero-order valence-corrected chi connectivity index (χ0v) is 11.3. The summed E-state index contributed by atoms with van der Waals surface area (Å²) in [5, 5.41) is 6.15. The molecular weight excluding hydrogens is 274 g/mol. The third-order valence-corrected chi connectivity index (χ3v) is 3.82. The zero-order chi connectivity index (χ0) is 11.7. The van der Waals surface area contributed by atoms with Gasteiger partial charge in [-0.05, 0) is 59.8 Å². The predicted octanol–water partition coefficient (Wildman–Crippen LogP) is 4.10. The molecule has 1 N–H and O–H groups in total. The standard InChI is InChI=1S/C15H16BrN/c16-15-6-5-13-7-12(3-4-14(13)8-15)10-17-9-11-1-2-11/h3-8,11,17H,1-2,9-10H2. The molecule has 1 aliphatic carbocycles. The summed E-state index contributed by atoms with van der Waals surface area (Å²) in [4.78, 5) is 0. The van der Waals surface area contributed by atoms with Crippen molar-refractivity contribution in [2.24, 2.45) is 5.92 Å². The van der Waals surface area contributed by atoms with Gasteiger partial charge in [0.2, 0.25) is 0 Å². The van der Waals surface area contributed by atoms with Gasteiger partial charge in [-0.2, -0.15) is 0 Å². The van der Waals surface area contributed by atoms with Crippen LogP contribution in [0.5, 0.6) is 0 Å². The van der Waals surface area contributed by atoms with Crippen LogP contribution in [-0.4, -0.2) is 6.54 Å². The van der Waals surface area contributed by atoms with E-state index in [9.17, 15) is 0 Å². The van der Waals surface area contributed by atoms with E-state index in [1.54, 1.807) is 0 Å².